The quantitative estimate of drug-likeness (QED) is 0.277. The molecule has 5 rings (SSSR count). The molecule has 2 fully saturated rings. The van der Waals surface area contributed by atoms with Crippen LogP contribution in [0.1, 0.15) is 97.4 Å². The van der Waals surface area contributed by atoms with E-state index in [0.717, 1.165) is 19.3 Å². The number of fused-ring (bicyclic) bond motifs is 3. The van der Waals surface area contributed by atoms with Crippen molar-refractivity contribution in [3.8, 4) is 0 Å². The molecular formula is C35H46O3S. The smallest absolute Gasteiger partial charge is 0.311 e. The first-order valence-corrected chi connectivity index (χ1v) is 15.8. The van der Waals surface area contributed by atoms with Gasteiger partial charge in [0.1, 0.15) is 0 Å². The molecule has 1 aliphatic carbocycles. The molecule has 2 aromatic rings. The van der Waals surface area contributed by atoms with Crippen molar-refractivity contribution in [3.63, 3.8) is 0 Å². The number of carbonyl (C=O) groups excluding carboxylic acids is 1. The number of rotatable bonds is 6. The summed E-state index contributed by atoms with van der Waals surface area (Å²) in [6.07, 6.45) is 3.36. The second kappa shape index (κ2) is 9.16. The number of carbonyl (C=O) groups is 1. The van der Waals surface area contributed by atoms with Crippen LogP contribution in [0.3, 0.4) is 0 Å². The fourth-order valence-electron chi connectivity index (χ4n) is 7.59. The SMILES string of the molecule is CCOC(=O)C1C2(C)C(Cc3ccc(C(C)(C)C)cc3)=C(Cc3ccc(C(C)(C)C)cc3)C(C)(S2=O)C12CC2. The van der Waals surface area contributed by atoms with Gasteiger partial charge in [-0.05, 0) is 90.7 Å². The molecule has 2 bridgehead atoms. The highest BCUT2D eigenvalue weighted by Crippen LogP contribution is 2.78. The molecule has 4 atom stereocenters. The highest BCUT2D eigenvalue weighted by Gasteiger charge is 2.83. The topological polar surface area (TPSA) is 43.4 Å². The maximum absolute atomic E-state index is 14.6. The van der Waals surface area contributed by atoms with Gasteiger partial charge in [-0.1, -0.05) is 90.1 Å². The lowest BCUT2D eigenvalue weighted by Gasteiger charge is -2.40. The van der Waals surface area contributed by atoms with E-state index in [-0.39, 0.29) is 28.1 Å². The van der Waals surface area contributed by atoms with Gasteiger partial charge in [-0.2, -0.15) is 0 Å². The van der Waals surface area contributed by atoms with Gasteiger partial charge in [0.05, 0.1) is 22.0 Å². The van der Waals surface area contributed by atoms with Gasteiger partial charge >= 0.3 is 5.97 Å². The van der Waals surface area contributed by atoms with Crippen molar-refractivity contribution in [1.82, 2.24) is 0 Å². The minimum Gasteiger partial charge on any atom is -0.466 e. The zero-order valence-corrected chi connectivity index (χ0v) is 26.2. The molecule has 1 saturated heterocycles. The summed E-state index contributed by atoms with van der Waals surface area (Å²) in [6, 6.07) is 17.8. The number of hydrogen-bond acceptors (Lipinski definition) is 3. The minimum atomic E-state index is -1.21. The van der Waals surface area contributed by atoms with Crippen molar-refractivity contribution >= 4 is 16.8 Å². The lowest BCUT2D eigenvalue weighted by atomic mass is 9.60. The summed E-state index contributed by atoms with van der Waals surface area (Å²) in [5.74, 6) is -0.518. The Morgan fingerprint density at radius 3 is 1.64 bits per heavy atom. The summed E-state index contributed by atoms with van der Waals surface area (Å²) in [5, 5.41) is 0. The molecule has 0 radical (unpaired) electrons. The Bertz CT molecular complexity index is 1330. The Morgan fingerprint density at radius 2 is 1.26 bits per heavy atom. The molecule has 2 aromatic carbocycles. The van der Waals surface area contributed by atoms with Gasteiger partial charge in [-0.3, -0.25) is 9.00 Å². The maximum atomic E-state index is 14.6. The Balaban J connectivity index is 1.63. The third-order valence-corrected chi connectivity index (χ3v) is 12.7. The van der Waals surface area contributed by atoms with Crippen molar-refractivity contribution in [2.45, 2.75) is 108 Å². The van der Waals surface area contributed by atoms with Gasteiger partial charge in [-0.25, -0.2) is 0 Å². The van der Waals surface area contributed by atoms with Crippen LogP contribution in [0, 0.1) is 11.3 Å². The van der Waals surface area contributed by atoms with Gasteiger partial charge in [0.15, 0.2) is 0 Å². The molecule has 3 nitrogen and oxygen atoms in total. The van der Waals surface area contributed by atoms with Gasteiger partial charge in [0.25, 0.3) is 0 Å². The average molecular weight is 547 g/mol. The monoisotopic (exact) mass is 546 g/mol. The van der Waals surface area contributed by atoms with E-state index in [2.05, 4.69) is 104 Å². The van der Waals surface area contributed by atoms with Crippen LogP contribution in [0.5, 0.6) is 0 Å². The van der Waals surface area contributed by atoms with Crippen molar-refractivity contribution in [3.05, 3.63) is 81.9 Å². The fraction of sp³-hybridized carbons (Fsp3) is 0.571. The summed E-state index contributed by atoms with van der Waals surface area (Å²) in [5.41, 5.74) is 7.48. The molecule has 0 N–H and O–H groups in total. The lowest BCUT2D eigenvalue weighted by Crippen LogP contribution is -2.47. The molecule has 4 heteroatoms. The van der Waals surface area contributed by atoms with Crippen LogP contribution in [-0.2, 0) is 44.0 Å². The molecule has 2 aliphatic heterocycles. The van der Waals surface area contributed by atoms with E-state index in [4.69, 9.17) is 4.74 Å². The van der Waals surface area contributed by atoms with Crippen LogP contribution in [0.15, 0.2) is 59.7 Å². The van der Waals surface area contributed by atoms with Crippen molar-refractivity contribution in [2.24, 2.45) is 11.3 Å². The minimum absolute atomic E-state index is 0.0862. The van der Waals surface area contributed by atoms with E-state index in [0.29, 0.717) is 13.0 Å². The predicted octanol–water partition coefficient (Wildman–Crippen LogP) is 7.62. The second-order valence-electron chi connectivity index (χ2n) is 14.5. The highest BCUT2D eigenvalue weighted by atomic mass is 32.2. The molecule has 1 saturated carbocycles. The van der Waals surface area contributed by atoms with Crippen molar-refractivity contribution in [2.75, 3.05) is 6.61 Å². The highest BCUT2D eigenvalue weighted by molar-refractivity contribution is 7.89. The molecule has 0 amide bonds. The second-order valence-corrected chi connectivity index (χ2v) is 16.7. The molecule has 39 heavy (non-hydrogen) atoms. The lowest BCUT2D eigenvalue weighted by molar-refractivity contribution is -0.151. The van der Waals surface area contributed by atoms with Crippen molar-refractivity contribution < 1.29 is 13.7 Å². The zero-order chi connectivity index (χ0) is 28.6. The average Bonchev–Trinajstić information content (AvgIpc) is 3.61. The number of benzene rings is 2. The van der Waals surface area contributed by atoms with E-state index < -0.39 is 20.3 Å². The Kier molecular flexibility index (Phi) is 6.65. The molecule has 2 heterocycles. The molecule has 3 aliphatic rings. The van der Waals surface area contributed by atoms with Crippen molar-refractivity contribution in [1.29, 1.82) is 0 Å². The Hall–Kier alpha value is -2.20. The molecule has 210 valence electrons. The summed E-state index contributed by atoms with van der Waals surface area (Å²) >= 11 is 0. The Labute approximate surface area is 238 Å². The summed E-state index contributed by atoms with van der Waals surface area (Å²) in [7, 11) is -1.21. The summed E-state index contributed by atoms with van der Waals surface area (Å²) < 4.78 is 19.0. The standard InChI is InChI=1S/C35H46O3S/c1-10-38-30(36)29-33(8)27(21-23-11-15-25(16-12-23)31(2,3)4)28(34(9,39(33)37)35(29)19-20-35)22-24-13-17-26(18-14-24)32(5,6)7/h11-18,29H,10,19-22H2,1-9H3. The first-order chi connectivity index (χ1) is 18.1. The number of ether oxygens (including phenoxy) is 1. The van der Waals surface area contributed by atoms with Crippen LogP contribution in [0.25, 0.3) is 0 Å². The van der Waals surface area contributed by atoms with Crippen LogP contribution in [0.2, 0.25) is 0 Å². The van der Waals surface area contributed by atoms with Gasteiger partial charge in [-0.15, -0.1) is 0 Å². The van der Waals surface area contributed by atoms with Crippen LogP contribution in [0.4, 0.5) is 0 Å². The fourth-order valence-corrected chi connectivity index (χ4v) is 10.5. The van der Waals surface area contributed by atoms with E-state index in [1.807, 2.05) is 6.92 Å². The predicted molar refractivity (Wildman–Crippen MR) is 161 cm³/mol. The third kappa shape index (κ3) is 4.19. The van der Waals surface area contributed by atoms with E-state index in [9.17, 15) is 9.00 Å². The zero-order valence-electron chi connectivity index (χ0n) is 25.4. The van der Waals surface area contributed by atoms with E-state index in [1.54, 1.807) is 0 Å². The van der Waals surface area contributed by atoms with Crippen LogP contribution < -0.4 is 0 Å². The van der Waals surface area contributed by atoms with E-state index in [1.165, 1.54) is 33.4 Å². The van der Waals surface area contributed by atoms with Crippen LogP contribution in [-0.4, -0.2) is 26.3 Å². The normalized spacial score (nSPS) is 29.3. The first-order valence-electron chi connectivity index (χ1n) is 14.6. The maximum Gasteiger partial charge on any atom is 0.311 e. The summed E-state index contributed by atoms with van der Waals surface area (Å²) in [4.78, 5) is 13.6. The van der Waals surface area contributed by atoms with Crippen LogP contribution >= 0.6 is 0 Å². The molecule has 1 spiro atoms. The number of hydrogen-bond donors (Lipinski definition) is 0. The third-order valence-electron chi connectivity index (χ3n) is 10.1. The van der Waals surface area contributed by atoms with Gasteiger partial charge < -0.3 is 4.74 Å². The van der Waals surface area contributed by atoms with Gasteiger partial charge in [0, 0.05) is 16.2 Å². The van der Waals surface area contributed by atoms with Gasteiger partial charge in [0.2, 0.25) is 0 Å². The van der Waals surface area contributed by atoms with E-state index >= 15 is 0 Å². The molecular weight excluding hydrogens is 500 g/mol. The summed E-state index contributed by atoms with van der Waals surface area (Å²) in [6.45, 7) is 19.9. The Morgan fingerprint density at radius 1 is 0.821 bits per heavy atom. The molecule has 0 aromatic heterocycles. The largest absolute Gasteiger partial charge is 0.466 e. The molecule has 4 unspecified atom stereocenters. The number of esters is 1. The first kappa shape index (κ1) is 28.3.